The minimum atomic E-state index is -0.618. The fourth-order valence-corrected chi connectivity index (χ4v) is 3.70. The number of hydrogen-bond acceptors (Lipinski definition) is 3. The summed E-state index contributed by atoms with van der Waals surface area (Å²) < 4.78 is 5.71. The predicted molar refractivity (Wildman–Crippen MR) is 117 cm³/mol. The molecule has 0 aliphatic carbocycles. The quantitative estimate of drug-likeness (QED) is 0.777. The van der Waals surface area contributed by atoms with Crippen molar-refractivity contribution >= 4 is 23.2 Å². The summed E-state index contributed by atoms with van der Waals surface area (Å²) in [5, 5.41) is 3.10. The molecule has 154 valence electrons. The molecule has 0 aromatic heterocycles. The SMILES string of the molecule is Cc1ccc2c(c1)N(CC(=O)Nc1c(C(C)C)cccc1C(C)C)C(=O)C(C)O2. The molecule has 2 aromatic rings. The van der Waals surface area contributed by atoms with Crippen LogP contribution in [0, 0.1) is 6.92 Å². The Morgan fingerprint density at radius 1 is 1.10 bits per heavy atom. The highest BCUT2D eigenvalue weighted by Crippen LogP contribution is 2.35. The number of hydrogen-bond donors (Lipinski definition) is 1. The van der Waals surface area contributed by atoms with Gasteiger partial charge in [0.2, 0.25) is 5.91 Å². The third-order valence-electron chi connectivity index (χ3n) is 5.26. The molecule has 0 radical (unpaired) electrons. The van der Waals surface area contributed by atoms with Crippen LogP contribution in [0.3, 0.4) is 0 Å². The van der Waals surface area contributed by atoms with E-state index in [2.05, 4.69) is 33.0 Å². The van der Waals surface area contributed by atoms with E-state index in [1.807, 2.05) is 43.3 Å². The van der Waals surface area contributed by atoms with Crippen molar-refractivity contribution in [3.05, 3.63) is 53.1 Å². The second-order valence-corrected chi connectivity index (χ2v) is 8.32. The Bertz CT molecular complexity index is 907. The van der Waals surface area contributed by atoms with Crippen molar-refractivity contribution in [2.24, 2.45) is 0 Å². The average Bonchev–Trinajstić information content (AvgIpc) is 2.65. The van der Waals surface area contributed by atoms with Crippen molar-refractivity contribution in [2.45, 2.75) is 59.5 Å². The predicted octanol–water partition coefficient (Wildman–Crippen LogP) is 4.99. The zero-order valence-electron chi connectivity index (χ0n) is 18.1. The van der Waals surface area contributed by atoms with Crippen molar-refractivity contribution in [1.29, 1.82) is 0 Å². The van der Waals surface area contributed by atoms with E-state index in [9.17, 15) is 9.59 Å². The van der Waals surface area contributed by atoms with Gasteiger partial charge < -0.3 is 10.1 Å². The maximum atomic E-state index is 13.0. The van der Waals surface area contributed by atoms with Crippen LogP contribution in [0.4, 0.5) is 11.4 Å². The lowest BCUT2D eigenvalue weighted by atomic mass is 9.92. The van der Waals surface area contributed by atoms with Crippen LogP contribution in [0.25, 0.3) is 0 Å². The van der Waals surface area contributed by atoms with E-state index in [4.69, 9.17) is 4.74 Å². The lowest BCUT2D eigenvalue weighted by Crippen LogP contribution is -2.47. The topological polar surface area (TPSA) is 58.6 Å². The zero-order chi connectivity index (χ0) is 21.3. The first kappa shape index (κ1) is 20.9. The van der Waals surface area contributed by atoms with Gasteiger partial charge in [0.05, 0.1) is 5.69 Å². The monoisotopic (exact) mass is 394 g/mol. The van der Waals surface area contributed by atoms with Crippen molar-refractivity contribution in [2.75, 3.05) is 16.8 Å². The second kappa shape index (κ2) is 8.27. The largest absolute Gasteiger partial charge is 0.479 e. The van der Waals surface area contributed by atoms with E-state index in [1.54, 1.807) is 6.92 Å². The van der Waals surface area contributed by atoms with Crippen LogP contribution >= 0.6 is 0 Å². The molecule has 2 amide bonds. The molecule has 1 heterocycles. The lowest BCUT2D eigenvalue weighted by molar-refractivity contribution is -0.127. The Hall–Kier alpha value is -2.82. The van der Waals surface area contributed by atoms with Gasteiger partial charge in [-0.15, -0.1) is 0 Å². The number of rotatable bonds is 5. The molecule has 1 atom stereocenters. The van der Waals surface area contributed by atoms with Gasteiger partial charge in [-0.3, -0.25) is 14.5 Å². The van der Waals surface area contributed by atoms with Gasteiger partial charge in [0, 0.05) is 5.69 Å². The summed E-state index contributed by atoms with van der Waals surface area (Å²) in [6.07, 6.45) is -0.618. The van der Waals surface area contributed by atoms with Gasteiger partial charge in [0.25, 0.3) is 5.91 Å². The number of anilines is 2. The van der Waals surface area contributed by atoms with E-state index < -0.39 is 6.10 Å². The van der Waals surface area contributed by atoms with E-state index in [-0.39, 0.29) is 30.2 Å². The first-order valence-electron chi connectivity index (χ1n) is 10.2. The third-order valence-corrected chi connectivity index (χ3v) is 5.26. The van der Waals surface area contributed by atoms with Crippen molar-refractivity contribution < 1.29 is 14.3 Å². The number of fused-ring (bicyclic) bond motifs is 1. The molecule has 0 saturated heterocycles. The average molecular weight is 395 g/mol. The highest BCUT2D eigenvalue weighted by Gasteiger charge is 2.33. The molecule has 0 saturated carbocycles. The van der Waals surface area contributed by atoms with Gasteiger partial charge in [-0.1, -0.05) is 52.0 Å². The van der Waals surface area contributed by atoms with Gasteiger partial charge >= 0.3 is 0 Å². The normalized spacial score (nSPS) is 16.1. The van der Waals surface area contributed by atoms with Crippen LogP contribution < -0.4 is 15.0 Å². The fourth-order valence-electron chi connectivity index (χ4n) is 3.70. The Morgan fingerprint density at radius 3 is 2.31 bits per heavy atom. The summed E-state index contributed by atoms with van der Waals surface area (Å²) in [5.41, 5.74) is 4.71. The number of benzene rings is 2. The standard InChI is InChI=1S/C24H30N2O3/c1-14(2)18-8-7-9-19(15(3)4)23(18)25-22(27)13-26-20-12-16(5)10-11-21(20)29-17(6)24(26)28/h7-12,14-15,17H,13H2,1-6H3,(H,25,27). The maximum Gasteiger partial charge on any atom is 0.268 e. The van der Waals surface area contributed by atoms with Gasteiger partial charge in [-0.25, -0.2) is 0 Å². The summed E-state index contributed by atoms with van der Waals surface area (Å²) in [7, 11) is 0. The first-order valence-corrected chi connectivity index (χ1v) is 10.2. The molecule has 1 aliphatic rings. The van der Waals surface area contributed by atoms with E-state index in [0.29, 0.717) is 11.4 Å². The Labute approximate surface area is 173 Å². The molecule has 5 heteroatoms. The van der Waals surface area contributed by atoms with Crippen molar-refractivity contribution in [1.82, 2.24) is 0 Å². The Morgan fingerprint density at radius 2 is 1.72 bits per heavy atom. The van der Waals surface area contributed by atoms with Crippen molar-refractivity contribution in [3.63, 3.8) is 0 Å². The van der Waals surface area contributed by atoms with Crippen LogP contribution in [0.1, 0.15) is 63.1 Å². The summed E-state index contributed by atoms with van der Waals surface area (Å²) in [6.45, 7) is 12.1. The highest BCUT2D eigenvalue weighted by atomic mass is 16.5. The van der Waals surface area contributed by atoms with Crippen LogP contribution in [0.15, 0.2) is 36.4 Å². The number of ether oxygens (including phenoxy) is 1. The van der Waals surface area contributed by atoms with E-state index in [0.717, 1.165) is 22.4 Å². The van der Waals surface area contributed by atoms with Crippen LogP contribution in [0.5, 0.6) is 5.75 Å². The minimum absolute atomic E-state index is 0.0487. The van der Waals surface area contributed by atoms with E-state index >= 15 is 0 Å². The molecule has 1 aliphatic heterocycles. The number of aryl methyl sites for hydroxylation is 1. The smallest absolute Gasteiger partial charge is 0.268 e. The molecule has 1 N–H and O–H groups in total. The lowest BCUT2D eigenvalue weighted by Gasteiger charge is -2.33. The summed E-state index contributed by atoms with van der Waals surface area (Å²) in [4.78, 5) is 27.3. The highest BCUT2D eigenvalue weighted by molar-refractivity contribution is 6.06. The van der Waals surface area contributed by atoms with Gasteiger partial charge in [-0.05, 0) is 54.5 Å². The summed E-state index contributed by atoms with van der Waals surface area (Å²) in [6, 6.07) is 11.8. The number of carbonyl (C=O) groups is 2. The van der Waals surface area contributed by atoms with E-state index in [1.165, 1.54) is 4.90 Å². The van der Waals surface area contributed by atoms with Crippen LogP contribution in [-0.4, -0.2) is 24.5 Å². The summed E-state index contributed by atoms with van der Waals surface area (Å²) >= 11 is 0. The Balaban J connectivity index is 1.91. The van der Waals surface area contributed by atoms with Crippen LogP contribution in [-0.2, 0) is 9.59 Å². The van der Waals surface area contributed by atoms with Crippen molar-refractivity contribution in [3.8, 4) is 5.75 Å². The number of amides is 2. The maximum absolute atomic E-state index is 13.0. The summed E-state index contributed by atoms with van der Waals surface area (Å²) in [5.74, 6) is 0.755. The molecule has 3 rings (SSSR count). The van der Waals surface area contributed by atoms with Gasteiger partial charge in [0.15, 0.2) is 6.10 Å². The number of nitrogens with zero attached hydrogens (tertiary/aromatic N) is 1. The minimum Gasteiger partial charge on any atom is -0.479 e. The van der Waals surface area contributed by atoms with Gasteiger partial charge in [0.1, 0.15) is 12.3 Å². The molecule has 1 unspecified atom stereocenters. The molecule has 0 fully saturated rings. The van der Waals surface area contributed by atoms with Crippen LogP contribution in [0.2, 0.25) is 0 Å². The first-order chi connectivity index (χ1) is 13.7. The molecule has 0 spiro atoms. The molecule has 5 nitrogen and oxygen atoms in total. The zero-order valence-corrected chi connectivity index (χ0v) is 18.1. The molecule has 29 heavy (non-hydrogen) atoms. The number of nitrogens with one attached hydrogen (secondary N) is 1. The Kier molecular flexibility index (Phi) is 5.96. The second-order valence-electron chi connectivity index (χ2n) is 8.32. The number of para-hydroxylation sites is 1. The molecular weight excluding hydrogens is 364 g/mol. The third kappa shape index (κ3) is 4.29. The molecular formula is C24H30N2O3. The fraction of sp³-hybridized carbons (Fsp3) is 0.417. The molecule has 2 aromatic carbocycles. The number of carbonyl (C=O) groups excluding carboxylic acids is 2. The van der Waals surface area contributed by atoms with Gasteiger partial charge in [-0.2, -0.15) is 0 Å². The molecule has 0 bridgehead atoms.